The summed E-state index contributed by atoms with van der Waals surface area (Å²) in [4.78, 5) is 12.2. The van der Waals surface area contributed by atoms with Gasteiger partial charge in [0.2, 0.25) is 5.89 Å². The molecule has 0 atom stereocenters. The van der Waals surface area contributed by atoms with Crippen LogP contribution in [0, 0.1) is 13.8 Å². The Bertz CT molecular complexity index is 857. The number of nitrogens with one attached hydrogen (secondary N) is 1. The highest BCUT2D eigenvalue weighted by atomic mass is 35.5. The first-order valence-electron chi connectivity index (χ1n) is 7.01. The maximum atomic E-state index is 12.2. The van der Waals surface area contributed by atoms with Crippen molar-refractivity contribution in [2.75, 3.05) is 5.32 Å². The first-order valence-corrected chi connectivity index (χ1v) is 7.39. The molecule has 1 amide bonds. The molecule has 116 valence electrons. The van der Waals surface area contributed by atoms with Crippen LogP contribution in [0.5, 0.6) is 0 Å². The minimum absolute atomic E-state index is 0.0872. The molecular weight excluding hydrogens is 314 g/mol. The van der Waals surface area contributed by atoms with Gasteiger partial charge in [0, 0.05) is 16.3 Å². The number of benzene rings is 2. The van der Waals surface area contributed by atoms with E-state index in [1.54, 1.807) is 24.3 Å². The van der Waals surface area contributed by atoms with E-state index in [0.29, 0.717) is 10.6 Å². The molecule has 3 rings (SSSR count). The van der Waals surface area contributed by atoms with Gasteiger partial charge in [-0.3, -0.25) is 4.79 Å². The highest BCUT2D eigenvalue weighted by molar-refractivity contribution is 6.30. The predicted octanol–water partition coefficient (Wildman–Crippen LogP) is 4.26. The van der Waals surface area contributed by atoms with E-state index in [0.717, 1.165) is 16.8 Å². The molecule has 6 heteroatoms. The van der Waals surface area contributed by atoms with Crippen molar-refractivity contribution in [2.24, 2.45) is 0 Å². The molecule has 1 N–H and O–H groups in total. The Balaban J connectivity index is 1.81. The van der Waals surface area contributed by atoms with E-state index in [2.05, 4.69) is 15.5 Å². The van der Waals surface area contributed by atoms with Crippen molar-refractivity contribution in [2.45, 2.75) is 13.8 Å². The largest absolute Gasteiger partial charge is 0.412 e. The van der Waals surface area contributed by atoms with Crippen LogP contribution in [0.1, 0.15) is 21.8 Å². The maximum absolute atomic E-state index is 12.2. The van der Waals surface area contributed by atoms with Gasteiger partial charge >= 0.3 is 11.8 Å². The van der Waals surface area contributed by atoms with Crippen LogP contribution in [0.15, 0.2) is 46.9 Å². The summed E-state index contributed by atoms with van der Waals surface area (Å²) in [6.07, 6.45) is 0. The monoisotopic (exact) mass is 327 g/mol. The summed E-state index contributed by atoms with van der Waals surface area (Å²) < 4.78 is 5.44. The predicted molar refractivity (Wildman–Crippen MR) is 88.6 cm³/mol. The molecule has 0 aliphatic heterocycles. The molecule has 0 aliphatic rings. The zero-order valence-electron chi connectivity index (χ0n) is 12.6. The van der Waals surface area contributed by atoms with Crippen LogP contribution >= 0.6 is 11.6 Å². The molecule has 2 aromatic carbocycles. The molecular formula is C17H14ClN3O2. The molecule has 0 bridgehead atoms. The third-order valence-electron chi connectivity index (χ3n) is 3.35. The normalized spacial score (nSPS) is 10.6. The molecule has 1 heterocycles. The fourth-order valence-electron chi connectivity index (χ4n) is 2.07. The van der Waals surface area contributed by atoms with Gasteiger partial charge < -0.3 is 9.73 Å². The average Bonchev–Trinajstić information content (AvgIpc) is 3.02. The maximum Gasteiger partial charge on any atom is 0.313 e. The molecule has 3 aromatic rings. The van der Waals surface area contributed by atoms with Crippen LogP contribution in [-0.2, 0) is 0 Å². The van der Waals surface area contributed by atoms with Gasteiger partial charge in [-0.15, -0.1) is 10.2 Å². The van der Waals surface area contributed by atoms with Crippen molar-refractivity contribution >= 4 is 23.2 Å². The van der Waals surface area contributed by atoms with Crippen LogP contribution < -0.4 is 5.32 Å². The smallest absolute Gasteiger partial charge is 0.313 e. The van der Waals surface area contributed by atoms with E-state index >= 15 is 0 Å². The van der Waals surface area contributed by atoms with Gasteiger partial charge in [-0.25, -0.2) is 0 Å². The lowest BCUT2D eigenvalue weighted by molar-refractivity contribution is 0.0990. The number of rotatable bonds is 3. The minimum Gasteiger partial charge on any atom is -0.412 e. The zero-order valence-corrected chi connectivity index (χ0v) is 13.4. The molecule has 0 saturated heterocycles. The van der Waals surface area contributed by atoms with Gasteiger partial charge in [-0.05, 0) is 55.3 Å². The summed E-state index contributed by atoms with van der Waals surface area (Å²) in [7, 11) is 0. The van der Waals surface area contributed by atoms with Gasteiger partial charge in [-0.1, -0.05) is 23.7 Å². The van der Waals surface area contributed by atoms with Crippen LogP contribution in [0.25, 0.3) is 11.5 Å². The van der Waals surface area contributed by atoms with Gasteiger partial charge in [-0.2, -0.15) is 0 Å². The molecule has 0 unspecified atom stereocenters. The number of hydrogen-bond acceptors (Lipinski definition) is 4. The lowest BCUT2D eigenvalue weighted by Gasteiger charge is -2.07. The Morgan fingerprint density at radius 1 is 1.09 bits per heavy atom. The summed E-state index contributed by atoms with van der Waals surface area (Å²) in [5, 5.41) is 11.1. The number of carbonyl (C=O) groups excluding carboxylic acids is 1. The Labute approximate surface area is 138 Å². The summed E-state index contributed by atoms with van der Waals surface area (Å²) in [6.45, 7) is 3.88. The number of halogens is 1. The number of hydrogen-bond donors (Lipinski definition) is 1. The Morgan fingerprint density at radius 2 is 1.83 bits per heavy atom. The second-order valence-electron chi connectivity index (χ2n) is 5.19. The van der Waals surface area contributed by atoms with Crippen molar-refractivity contribution in [3.8, 4) is 11.5 Å². The average molecular weight is 328 g/mol. The van der Waals surface area contributed by atoms with Crippen LogP contribution in [-0.4, -0.2) is 16.1 Å². The lowest BCUT2D eigenvalue weighted by atomic mass is 10.1. The number of carbonyl (C=O) groups is 1. The zero-order chi connectivity index (χ0) is 16.4. The van der Waals surface area contributed by atoms with Crippen molar-refractivity contribution in [3.63, 3.8) is 0 Å². The quantitative estimate of drug-likeness (QED) is 0.780. The van der Waals surface area contributed by atoms with Crippen molar-refractivity contribution in [3.05, 3.63) is 64.5 Å². The van der Waals surface area contributed by atoms with Crippen molar-refractivity contribution in [1.29, 1.82) is 0 Å². The van der Waals surface area contributed by atoms with Gasteiger partial charge in [0.1, 0.15) is 0 Å². The topological polar surface area (TPSA) is 68.0 Å². The number of aromatic nitrogens is 2. The third-order valence-corrected chi connectivity index (χ3v) is 3.60. The number of amides is 1. The summed E-state index contributed by atoms with van der Waals surface area (Å²) in [6, 6.07) is 12.8. The minimum atomic E-state index is -0.439. The first kappa shape index (κ1) is 15.2. The summed E-state index contributed by atoms with van der Waals surface area (Å²) in [5.74, 6) is -0.255. The molecule has 0 aliphatic carbocycles. The molecule has 0 saturated carbocycles. The molecule has 0 fully saturated rings. The fourth-order valence-corrected chi connectivity index (χ4v) is 2.20. The first-order chi connectivity index (χ1) is 11.0. The van der Waals surface area contributed by atoms with E-state index in [1.165, 1.54) is 0 Å². The number of aryl methyl sites for hydroxylation is 2. The van der Waals surface area contributed by atoms with Gasteiger partial charge in [0.15, 0.2) is 0 Å². The van der Waals surface area contributed by atoms with Crippen LogP contribution in [0.4, 0.5) is 5.69 Å². The van der Waals surface area contributed by atoms with Crippen LogP contribution in [0.3, 0.4) is 0 Å². The van der Waals surface area contributed by atoms with Gasteiger partial charge in [0.05, 0.1) is 0 Å². The molecule has 1 aromatic heterocycles. The van der Waals surface area contributed by atoms with E-state index in [-0.39, 0.29) is 11.8 Å². The Kier molecular flexibility index (Phi) is 4.12. The Hall–Kier alpha value is -2.66. The molecule has 23 heavy (non-hydrogen) atoms. The van der Waals surface area contributed by atoms with Crippen molar-refractivity contribution < 1.29 is 9.21 Å². The third kappa shape index (κ3) is 3.40. The van der Waals surface area contributed by atoms with E-state index < -0.39 is 5.91 Å². The standard InChI is InChI=1S/C17H14ClN3O2/c1-10-3-4-11(2)14(9-10)19-15(22)17-21-20-16(23-17)12-5-7-13(18)8-6-12/h3-9H,1-2H3,(H,19,22). The Morgan fingerprint density at radius 3 is 2.57 bits per heavy atom. The highest BCUT2D eigenvalue weighted by Gasteiger charge is 2.16. The molecule has 0 radical (unpaired) electrons. The van der Waals surface area contributed by atoms with E-state index in [4.69, 9.17) is 16.0 Å². The fraction of sp³-hybridized carbons (Fsp3) is 0.118. The number of anilines is 1. The van der Waals surface area contributed by atoms with E-state index in [1.807, 2.05) is 32.0 Å². The second kappa shape index (κ2) is 6.22. The summed E-state index contributed by atoms with van der Waals surface area (Å²) >= 11 is 5.84. The number of nitrogens with zero attached hydrogens (tertiary/aromatic N) is 2. The van der Waals surface area contributed by atoms with E-state index in [9.17, 15) is 4.79 Å². The molecule has 0 spiro atoms. The van der Waals surface area contributed by atoms with Crippen molar-refractivity contribution in [1.82, 2.24) is 10.2 Å². The molecule has 5 nitrogen and oxygen atoms in total. The lowest BCUT2D eigenvalue weighted by Crippen LogP contribution is -2.13. The SMILES string of the molecule is Cc1ccc(C)c(NC(=O)c2nnc(-c3ccc(Cl)cc3)o2)c1. The second-order valence-corrected chi connectivity index (χ2v) is 5.63. The van der Waals surface area contributed by atoms with Gasteiger partial charge in [0.25, 0.3) is 0 Å². The summed E-state index contributed by atoms with van der Waals surface area (Å²) in [5.41, 5.74) is 3.44. The highest BCUT2D eigenvalue weighted by Crippen LogP contribution is 2.21. The van der Waals surface area contributed by atoms with Crippen LogP contribution in [0.2, 0.25) is 5.02 Å².